The molecule has 5 heteroatoms. The van der Waals surface area contributed by atoms with Crippen molar-refractivity contribution in [2.75, 3.05) is 6.61 Å². The maximum Gasteiger partial charge on any atom is 0.390 e. The van der Waals surface area contributed by atoms with Gasteiger partial charge in [0.15, 0.2) is 0 Å². The summed E-state index contributed by atoms with van der Waals surface area (Å²) in [5, 5.41) is 3.08. The van der Waals surface area contributed by atoms with Gasteiger partial charge >= 0.3 is 6.18 Å². The molecule has 2 nitrogen and oxygen atoms in total. The normalized spacial score (nSPS) is 28.3. The van der Waals surface area contributed by atoms with Gasteiger partial charge in [0.25, 0.3) is 0 Å². The van der Waals surface area contributed by atoms with Crippen LogP contribution in [-0.4, -0.2) is 31.0 Å². The molecular weight excluding hydrogens is 255 g/mol. The van der Waals surface area contributed by atoms with Gasteiger partial charge in [0.05, 0.1) is 12.5 Å². The summed E-state index contributed by atoms with van der Waals surface area (Å²) in [7, 11) is 0. The predicted octanol–water partition coefficient (Wildman–Crippen LogP) is 3.76. The van der Waals surface area contributed by atoms with Crippen molar-refractivity contribution in [1.82, 2.24) is 5.32 Å². The van der Waals surface area contributed by atoms with Gasteiger partial charge in [0.2, 0.25) is 0 Å². The first-order valence-electron chi connectivity index (χ1n) is 6.96. The van der Waals surface area contributed by atoms with Gasteiger partial charge in [-0.05, 0) is 19.3 Å². The van der Waals surface area contributed by atoms with E-state index in [4.69, 9.17) is 4.74 Å². The van der Waals surface area contributed by atoms with Crippen molar-refractivity contribution < 1.29 is 17.9 Å². The van der Waals surface area contributed by atoms with Crippen LogP contribution in [0.15, 0.2) is 0 Å². The Hall–Kier alpha value is -0.290. The third-order valence-corrected chi connectivity index (χ3v) is 3.83. The van der Waals surface area contributed by atoms with E-state index >= 15 is 0 Å². The smallest absolute Gasteiger partial charge is 0.377 e. The van der Waals surface area contributed by atoms with Crippen LogP contribution in [0.25, 0.3) is 0 Å². The van der Waals surface area contributed by atoms with E-state index in [2.05, 4.69) is 33.0 Å². The fourth-order valence-electron chi connectivity index (χ4n) is 2.51. The Balaban J connectivity index is 2.38. The molecule has 0 aromatic rings. The van der Waals surface area contributed by atoms with Gasteiger partial charge in [0, 0.05) is 24.1 Å². The lowest BCUT2D eigenvalue weighted by molar-refractivity contribution is -0.149. The van der Waals surface area contributed by atoms with E-state index < -0.39 is 18.6 Å². The van der Waals surface area contributed by atoms with Crippen molar-refractivity contribution in [3.63, 3.8) is 0 Å². The predicted molar refractivity (Wildman–Crippen MR) is 70.0 cm³/mol. The van der Waals surface area contributed by atoms with Crippen molar-refractivity contribution in [3.8, 4) is 0 Å². The molecule has 114 valence electrons. The lowest BCUT2D eigenvalue weighted by Gasteiger charge is -2.53. The summed E-state index contributed by atoms with van der Waals surface area (Å²) in [6.45, 7) is 10.6. The molecule has 0 spiro atoms. The summed E-state index contributed by atoms with van der Waals surface area (Å²) in [6, 6.07) is -0.447. The maximum atomic E-state index is 12.3. The second-order valence-electron chi connectivity index (χ2n) is 6.71. The van der Waals surface area contributed by atoms with E-state index in [9.17, 15) is 13.2 Å². The van der Waals surface area contributed by atoms with E-state index in [0.717, 1.165) is 6.42 Å². The molecule has 0 aliphatic heterocycles. The molecule has 1 fully saturated rings. The van der Waals surface area contributed by atoms with Crippen molar-refractivity contribution in [2.24, 2.45) is 11.3 Å². The van der Waals surface area contributed by atoms with Crippen LogP contribution in [0, 0.1) is 11.3 Å². The van der Waals surface area contributed by atoms with Crippen LogP contribution < -0.4 is 5.32 Å². The minimum Gasteiger partial charge on any atom is -0.377 e. The first-order chi connectivity index (χ1) is 8.52. The van der Waals surface area contributed by atoms with Crippen molar-refractivity contribution >= 4 is 0 Å². The van der Waals surface area contributed by atoms with E-state index in [-0.39, 0.29) is 17.6 Å². The summed E-state index contributed by atoms with van der Waals surface area (Å²) >= 11 is 0. The average molecular weight is 281 g/mol. The van der Waals surface area contributed by atoms with Crippen LogP contribution in [-0.2, 0) is 4.74 Å². The first kappa shape index (κ1) is 16.8. The third-order valence-electron chi connectivity index (χ3n) is 3.83. The number of nitrogens with one attached hydrogen (secondary N) is 1. The Labute approximate surface area is 114 Å². The van der Waals surface area contributed by atoms with Gasteiger partial charge in [-0.15, -0.1) is 0 Å². The molecule has 0 amide bonds. The summed E-state index contributed by atoms with van der Waals surface area (Å²) < 4.78 is 42.7. The zero-order valence-electron chi connectivity index (χ0n) is 12.5. The molecule has 3 atom stereocenters. The molecule has 1 aliphatic rings. The second kappa shape index (κ2) is 6.00. The monoisotopic (exact) mass is 281 g/mol. The average Bonchev–Trinajstić information content (AvgIpc) is 2.19. The second-order valence-corrected chi connectivity index (χ2v) is 6.71. The highest BCUT2D eigenvalue weighted by Gasteiger charge is 2.49. The summed E-state index contributed by atoms with van der Waals surface area (Å²) in [5.74, 6) is 0.479. The van der Waals surface area contributed by atoms with E-state index in [1.54, 1.807) is 6.92 Å². The van der Waals surface area contributed by atoms with E-state index in [1.165, 1.54) is 0 Å². The molecule has 0 saturated heterocycles. The number of hydrogen-bond donors (Lipinski definition) is 1. The van der Waals surface area contributed by atoms with Gasteiger partial charge < -0.3 is 10.1 Å². The summed E-state index contributed by atoms with van der Waals surface area (Å²) in [4.78, 5) is 0. The highest BCUT2D eigenvalue weighted by Crippen LogP contribution is 2.43. The number of halogens is 3. The Kier molecular flexibility index (Phi) is 5.29. The highest BCUT2D eigenvalue weighted by molar-refractivity contribution is 5.03. The zero-order chi connectivity index (χ0) is 14.8. The fraction of sp³-hybridized carbons (Fsp3) is 1.00. The third kappa shape index (κ3) is 4.95. The summed E-state index contributed by atoms with van der Waals surface area (Å²) in [5.41, 5.74) is -0.102. The van der Waals surface area contributed by atoms with Crippen molar-refractivity contribution in [3.05, 3.63) is 0 Å². The minimum atomic E-state index is -4.10. The number of hydrogen-bond acceptors (Lipinski definition) is 2. The minimum absolute atomic E-state index is 0.0991. The number of ether oxygens (including phenoxy) is 1. The van der Waals surface area contributed by atoms with Crippen LogP contribution in [0.3, 0.4) is 0 Å². The zero-order valence-corrected chi connectivity index (χ0v) is 12.5. The highest BCUT2D eigenvalue weighted by atomic mass is 19.4. The van der Waals surface area contributed by atoms with Gasteiger partial charge in [-0.3, -0.25) is 0 Å². The molecule has 0 radical (unpaired) electrons. The first-order valence-corrected chi connectivity index (χ1v) is 6.96. The van der Waals surface area contributed by atoms with Gasteiger partial charge in [-0.25, -0.2) is 0 Å². The Morgan fingerprint density at radius 2 is 1.84 bits per heavy atom. The SMILES string of the molecule is CC(C)COC1CC(NC(C)CC(F)(F)F)C1(C)C. The molecule has 1 aliphatic carbocycles. The standard InChI is InChI=1S/C14H26F3NO/c1-9(2)8-19-12-6-11(13(12,4)5)18-10(3)7-14(15,16)17/h9-12,18H,6-8H2,1-5H3. The quantitative estimate of drug-likeness (QED) is 0.800. The molecule has 0 aromatic carbocycles. The Bertz CT molecular complexity index is 289. The lowest BCUT2D eigenvalue weighted by Crippen LogP contribution is -2.62. The van der Waals surface area contributed by atoms with E-state index in [0.29, 0.717) is 12.5 Å². The lowest BCUT2D eigenvalue weighted by atomic mass is 9.64. The molecule has 1 N–H and O–H groups in total. The summed E-state index contributed by atoms with van der Waals surface area (Å²) in [6.07, 6.45) is -3.95. The van der Waals surface area contributed by atoms with Gasteiger partial charge in [-0.2, -0.15) is 13.2 Å². The molecule has 0 bridgehead atoms. The fourth-order valence-corrected chi connectivity index (χ4v) is 2.51. The molecule has 19 heavy (non-hydrogen) atoms. The van der Waals surface area contributed by atoms with Crippen molar-refractivity contribution in [2.45, 2.75) is 71.8 Å². The Morgan fingerprint density at radius 1 is 1.26 bits per heavy atom. The molecular formula is C14H26F3NO. The molecule has 0 aromatic heterocycles. The Morgan fingerprint density at radius 3 is 2.26 bits per heavy atom. The topological polar surface area (TPSA) is 21.3 Å². The van der Waals surface area contributed by atoms with Gasteiger partial charge in [0.1, 0.15) is 0 Å². The van der Waals surface area contributed by atoms with Crippen LogP contribution in [0.5, 0.6) is 0 Å². The van der Waals surface area contributed by atoms with Crippen LogP contribution in [0.1, 0.15) is 47.5 Å². The van der Waals surface area contributed by atoms with Crippen LogP contribution in [0.2, 0.25) is 0 Å². The molecule has 3 unspecified atom stereocenters. The number of rotatable bonds is 6. The molecule has 1 rings (SSSR count). The van der Waals surface area contributed by atoms with E-state index in [1.807, 2.05) is 0 Å². The maximum absolute atomic E-state index is 12.3. The van der Waals surface area contributed by atoms with Gasteiger partial charge in [-0.1, -0.05) is 27.7 Å². The van der Waals surface area contributed by atoms with Crippen LogP contribution in [0.4, 0.5) is 13.2 Å². The molecule has 1 saturated carbocycles. The van der Waals surface area contributed by atoms with Crippen LogP contribution >= 0.6 is 0 Å². The largest absolute Gasteiger partial charge is 0.390 e. The number of alkyl halides is 3. The van der Waals surface area contributed by atoms with Crippen molar-refractivity contribution in [1.29, 1.82) is 0 Å². The molecule has 0 heterocycles.